The molecule has 2 nitrogen and oxygen atoms in total. The Hall–Kier alpha value is -2.58. The van der Waals surface area contributed by atoms with Gasteiger partial charge in [0.1, 0.15) is 5.60 Å². The Morgan fingerprint density at radius 1 is 0.815 bits per heavy atom. The van der Waals surface area contributed by atoms with Crippen LogP contribution in [-0.2, 0) is 4.74 Å². The SMILES string of the molecule is CC(C)(C)OC(=O)c1cccc(Cl)c1C(c1ccccc1)c1ccccc1. The van der Waals surface area contributed by atoms with Gasteiger partial charge < -0.3 is 4.74 Å². The molecule has 0 heterocycles. The lowest BCUT2D eigenvalue weighted by molar-refractivity contribution is 0.00682. The minimum absolute atomic E-state index is 0.163. The number of esters is 1. The van der Waals surface area contributed by atoms with E-state index < -0.39 is 5.60 Å². The number of ether oxygens (including phenoxy) is 1. The zero-order valence-corrected chi connectivity index (χ0v) is 16.5. The quantitative estimate of drug-likeness (QED) is 0.384. The van der Waals surface area contributed by atoms with E-state index in [4.69, 9.17) is 16.3 Å². The Kier molecular flexibility index (Phi) is 5.67. The summed E-state index contributed by atoms with van der Waals surface area (Å²) >= 11 is 6.63. The first kappa shape index (κ1) is 19.2. The summed E-state index contributed by atoms with van der Waals surface area (Å²) < 4.78 is 5.64. The van der Waals surface area contributed by atoms with E-state index in [1.165, 1.54) is 0 Å². The molecule has 0 aliphatic heterocycles. The maximum absolute atomic E-state index is 12.9. The molecular weight excluding hydrogens is 356 g/mol. The lowest BCUT2D eigenvalue weighted by Crippen LogP contribution is -2.25. The van der Waals surface area contributed by atoms with Gasteiger partial charge in [-0.25, -0.2) is 4.79 Å². The van der Waals surface area contributed by atoms with Crippen LogP contribution in [0.15, 0.2) is 78.9 Å². The van der Waals surface area contributed by atoms with E-state index in [9.17, 15) is 4.79 Å². The topological polar surface area (TPSA) is 26.3 Å². The van der Waals surface area contributed by atoms with Crippen LogP contribution in [0, 0.1) is 0 Å². The first-order valence-electron chi connectivity index (χ1n) is 8.98. The second-order valence-electron chi connectivity index (χ2n) is 7.46. The van der Waals surface area contributed by atoms with Crippen molar-refractivity contribution in [3.8, 4) is 0 Å². The van der Waals surface area contributed by atoms with Gasteiger partial charge >= 0.3 is 5.97 Å². The van der Waals surface area contributed by atoms with E-state index in [-0.39, 0.29) is 11.9 Å². The van der Waals surface area contributed by atoms with Crippen molar-refractivity contribution in [3.05, 3.63) is 106 Å². The molecule has 0 spiro atoms. The first-order valence-corrected chi connectivity index (χ1v) is 9.36. The molecule has 0 amide bonds. The molecular formula is C24H23ClO2. The van der Waals surface area contributed by atoms with Crippen molar-refractivity contribution in [1.29, 1.82) is 0 Å². The first-order chi connectivity index (χ1) is 12.9. The smallest absolute Gasteiger partial charge is 0.339 e. The fourth-order valence-corrected chi connectivity index (χ4v) is 3.44. The molecule has 3 aromatic rings. The van der Waals surface area contributed by atoms with E-state index >= 15 is 0 Å². The summed E-state index contributed by atoms with van der Waals surface area (Å²) in [5.74, 6) is -0.527. The summed E-state index contributed by atoms with van der Waals surface area (Å²) in [5.41, 5.74) is 2.83. The second-order valence-corrected chi connectivity index (χ2v) is 7.86. The van der Waals surface area contributed by atoms with Crippen LogP contribution in [0.2, 0.25) is 5.02 Å². The van der Waals surface area contributed by atoms with Gasteiger partial charge in [0.25, 0.3) is 0 Å². The molecule has 0 aromatic heterocycles. The molecule has 0 saturated heterocycles. The van der Waals surface area contributed by atoms with Gasteiger partial charge in [0.2, 0.25) is 0 Å². The third-order valence-electron chi connectivity index (χ3n) is 4.23. The largest absolute Gasteiger partial charge is 0.456 e. The molecule has 27 heavy (non-hydrogen) atoms. The number of carbonyl (C=O) groups is 1. The number of benzene rings is 3. The third kappa shape index (κ3) is 4.58. The molecule has 0 unspecified atom stereocenters. The summed E-state index contributed by atoms with van der Waals surface area (Å²) in [7, 11) is 0. The summed E-state index contributed by atoms with van der Waals surface area (Å²) in [6.07, 6.45) is 0. The third-order valence-corrected chi connectivity index (χ3v) is 4.56. The molecule has 0 N–H and O–H groups in total. The number of carbonyl (C=O) groups excluding carboxylic acids is 1. The van der Waals surface area contributed by atoms with Crippen molar-refractivity contribution in [1.82, 2.24) is 0 Å². The molecule has 0 aliphatic rings. The number of hydrogen-bond donors (Lipinski definition) is 0. The number of halogens is 1. The Labute approximate surface area is 165 Å². The van der Waals surface area contributed by atoms with E-state index in [0.29, 0.717) is 10.6 Å². The monoisotopic (exact) mass is 378 g/mol. The van der Waals surface area contributed by atoms with E-state index in [0.717, 1.165) is 16.7 Å². The van der Waals surface area contributed by atoms with Crippen LogP contribution in [0.1, 0.15) is 53.7 Å². The van der Waals surface area contributed by atoms with Crippen molar-refractivity contribution in [2.24, 2.45) is 0 Å². The predicted octanol–water partition coefficient (Wildman–Crippen LogP) is 6.48. The van der Waals surface area contributed by atoms with Crippen LogP contribution in [-0.4, -0.2) is 11.6 Å². The Balaban J connectivity index is 2.20. The van der Waals surface area contributed by atoms with E-state index in [1.54, 1.807) is 12.1 Å². The highest BCUT2D eigenvalue weighted by atomic mass is 35.5. The van der Waals surface area contributed by atoms with Crippen LogP contribution in [0.3, 0.4) is 0 Å². The van der Waals surface area contributed by atoms with Gasteiger partial charge in [0.15, 0.2) is 0 Å². The maximum atomic E-state index is 12.9. The van der Waals surface area contributed by atoms with Gasteiger partial charge in [-0.05, 0) is 49.6 Å². The van der Waals surface area contributed by atoms with E-state index in [2.05, 4.69) is 24.3 Å². The van der Waals surface area contributed by atoms with Gasteiger partial charge in [-0.1, -0.05) is 78.3 Å². The number of hydrogen-bond acceptors (Lipinski definition) is 2. The minimum Gasteiger partial charge on any atom is -0.456 e. The highest BCUT2D eigenvalue weighted by molar-refractivity contribution is 6.32. The fourth-order valence-electron chi connectivity index (χ4n) is 3.16. The highest BCUT2D eigenvalue weighted by Crippen LogP contribution is 2.38. The standard InChI is InChI=1S/C24H23ClO2/c1-24(2,3)27-23(26)19-15-10-16-20(25)22(19)21(17-11-6-4-7-12-17)18-13-8-5-9-14-18/h4-16,21H,1-3H3. The number of rotatable bonds is 4. The summed E-state index contributed by atoms with van der Waals surface area (Å²) in [6.45, 7) is 5.59. The van der Waals surface area contributed by atoms with Gasteiger partial charge in [0.05, 0.1) is 5.56 Å². The second kappa shape index (κ2) is 7.98. The van der Waals surface area contributed by atoms with Crippen molar-refractivity contribution >= 4 is 17.6 Å². The molecule has 0 bridgehead atoms. The molecule has 0 atom stereocenters. The molecule has 138 valence electrons. The lowest BCUT2D eigenvalue weighted by Gasteiger charge is -2.25. The molecule has 3 heteroatoms. The van der Waals surface area contributed by atoms with Crippen LogP contribution in [0.4, 0.5) is 0 Å². The van der Waals surface area contributed by atoms with Crippen LogP contribution in [0.5, 0.6) is 0 Å². The molecule has 0 aliphatic carbocycles. The summed E-state index contributed by atoms with van der Waals surface area (Å²) in [5, 5.41) is 0.552. The zero-order chi connectivity index (χ0) is 19.4. The minimum atomic E-state index is -0.578. The average Bonchev–Trinajstić information content (AvgIpc) is 2.63. The molecule has 3 aromatic carbocycles. The normalized spacial score (nSPS) is 11.4. The predicted molar refractivity (Wildman–Crippen MR) is 110 cm³/mol. The van der Waals surface area contributed by atoms with Gasteiger partial charge in [0, 0.05) is 10.9 Å². The fraction of sp³-hybridized carbons (Fsp3) is 0.208. The van der Waals surface area contributed by atoms with Crippen molar-refractivity contribution < 1.29 is 9.53 Å². The Morgan fingerprint density at radius 2 is 1.33 bits per heavy atom. The van der Waals surface area contributed by atoms with Crippen molar-refractivity contribution in [3.63, 3.8) is 0 Å². The Bertz CT molecular complexity index is 873. The molecule has 0 saturated carbocycles. The van der Waals surface area contributed by atoms with Crippen LogP contribution < -0.4 is 0 Å². The summed E-state index contributed by atoms with van der Waals surface area (Å²) in [4.78, 5) is 12.9. The van der Waals surface area contributed by atoms with Crippen molar-refractivity contribution in [2.45, 2.75) is 32.3 Å². The van der Waals surface area contributed by atoms with Gasteiger partial charge in [-0.3, -0.25) is 0 Å². The van der Waals surface area contributed by atoms with E-state index in [1.807, 2.05) is 63.2 Å². The van der Waals surface area contributed by atoms with Gasteiger partial charge in [-0.2, -0.15) is 0 Å². The van der Waals surface area contributed by atoms with Gasteiger partial charge in [-0.15, -0.1) is 0 Å². The average molecular weight is 379 g/mol. The molecule has 3 rings (SSSR count). The van der Waals surface area contributed by atoms with Crippen molar-refractivity contribution in [2.75, 3.05) is 0 Å². The van der Waals surface area contributed by atoms with Crippen LogP contribution >= 0.6 is 11.6 Å². The maximum Gasteiger partial charge on any atom is 0.339 e. The zero-order valence-electron chi connectivity index (χ0n) is 15.8. The highest BCUT2D eigenvalue weighted by Gasteiger charge is 2.27. The Morgan fingerprint density at radius 3 is 1.81 bits per heavy atom. The van der Waals surface area contributed by atoms with Crippen LogP contribution in [0.25, 0.3) is 0 Å². The summed E-state index contributed by atoms with van der Waals surface area (Å²) in [6, 6.07) is 25.6. The lowest BCUT2D eigenvalue weighted by atomic mass is 9.83. The molecule has 0 radical (unpaired) electrons. The molecule has 0 fully saturated rings.